The van der Waals surface area contributed by atoms with Crippen molar-refractivity contribution >= 4 is 5.96 Å². The highest BCUT2D eigenvalue weighted by atomic mass is 16.5. The minimum Gasteiger partial charge on any atom is -0.375 e. The lowest BCUT2D eigenvalue weighted by molar-refractivity contribution is 0.123. The van der Waals surface area contributed by atoms with Crippen LogP contribution in [0.4, 0.5) is 0 Å². The summed E-state index contributed by atoms with van der Waals surface area (Å²) in [4.78, 5) is 4.18. The van der Waals surface area contributed by atoms with Crippen LogP contribution in [0, 0.1) is 0 Å². The number of benzene rings is 2. The zero-order chi connectivity index (χ0) is 17.6. The maximum atomic E-state index is 5.64. The van der Waals surface area contributed by atoms with Crippen molar-refractivity contribution in [2.45, 2.75) is 13.2 Å². The topological polar surface area (TPSA) is 54.9 Å². The molecule has 0 aromatic heterocycles. The molecule has 5 heteroatoms. The zero-order valence-corrected chi connectivity index (χ0v) is 14.8. The second-order valence-corrected chi connectivity index (χ2v) is 5.50. The van der Waals surface area contributed by atoms with Crippen LogP contribution in [-0.2, 0) is 22.7 Å². The third-order valence-electron chi connectivity index (χ3n) is 3.52. The van der Waals surface area contributed by atoms with E-state index in [-0.39, 0.29) is 0 Å². The van der Waals surface area contributed by atoms with Crippen LogP contribution in [0.5, 0.6) is 0 Å². The summed E-state index contributed by atoms with van der Waals surface area (Å²) in [6, 6.07) is 20.3. The molecule has 0 atom stereocenters. The molecule has 0 bridgehead atoms. The van der Waals surface area contributed by atoms with E-state index in [0.717, 1.165) is 5.96 Å². The summed E-state index contributed by atoms with van der Waals surface area (Å²) in [5.41, 5.74) is 2.36. The molecule has 25 heavy (non-hydrogen) atoms. The van der Waals surface area contributed by atoms with Crippen molar-refractivity contribution in [1.29, 1.82) is 0 Å². The van der Waals surface area contributed by atoms with Gasteiger partial charge in [-0.3, -0.25) is 4.99 Å². The predicted octanol–water partition coefficient (Wildman–Crippen LogP) is 2.58. The summed E-state index contributed by atoms with van der Waals surface area (Å²) in [5, 5.41) is 6.45. The van der Waals surface area contributed by atoms with E-state index in [1.165, 1.54) is 11.1 Å². The fourth-order valence-corrected chi connectivity index (χ4v) is 2.23. The second-order valence-electron chi connectivity index (χ2n) is 5.50. The first-order valence-electron chi connectivity index (χ1n) is 8.56. The van der Waals surface area contributed by atoms with Crippen molar-refractivity contribution in [2.24, 2.45) is 4.99 Å². The monoisotopic (exact) mass is 341 g/mol. The molecular weight excluding hydrogens is 314 g/mol. The largest absolute Gasteiger partial charge is 0.375 e. The van der Waals surface area contributed by atoms with Gasteiger partial charge in [0.05, 0.1) is 26.4 Å². The molecular formula is C20H27N3O2. The summed E-state index contributed by atoms with van der Waals surface area (Å²) < 4.78 is 11.3. The van der Waals surface area contributed by atoms with Gasteiger partial charge < -0.3 is 20.1 Å². The van der Waals surface area contributed by atoms with Crippen LogP contribution in [0.3, 0.4) is 0 Å². The molecule has 2 aromatic carbocycles. The van der Waals surface area contributed by atoms with Gasteiger partial charge in [-0.05, 0) is 11.1 Å². The van der Waals surface area contributed by atoms with E-state index in [9.17, 15) is 0 Å². The Labute approximate surface area is 150 Å². The molecule has 0 unspecified atom stereocenters. The van der Waals surface area contributed by atoms with Crippen LogP contribution in [0.15, 0.2) is 65.7 Å². The number of hydrogen-bond donors (Lipinski definition) is 2. The minimum atomic E-state index is 0.625. The number of nitrogens with one attached hydrogen (secondary N) is 2. The Hall–Kier alpha value is -2.37. The van der Waals surface area contributed by atoms with E-state index in [1.54, 1.807) is 7.05 Å². The van der Waals surface area contributed by atoms with Crippen LogP contribution in [0.2, 0.25) is 0 Å². The van der Waals surface area contributed by atoms with Crippen LogP contribution >= 0.6 is 0 Å². The Morgan fingerprint density at radius 1 is 0.760 bits per heavy atom. The molecule has 0 saturated heterocycles. The molecule has 0 spiro atoms. The zero-order valence-electron chi connectivity index (χ0n) is 14.8. The molecule has 2 aromatic rings. The number of guanidine groups is 1. The highest BCUT2D eigenvalue weighted by Crippen LogP contribution is 2.00. The third kappa shape index (κ3) is 8.33. The summed E-state index contributed by atoms with van der Waals surface area (Å²) in [6.07, 6.45) is 0. The summed E-state index contributed by atoms with van der Waals surface area (Å²) in [5.74, 6) is 0.756. The van der Waals surface area contributed by atoms with Crippen molar-refractivity contribution in [3.8, 4) is 0 Å². The number of hydrogen-bond acceptors (Lipinski definition) is 3. The van der Waals surface area contributed by atoms with E-state index < -0.39 is 0 Å². The molecule has 134 valence electrons. The van der Waals surface area contributed by atoms with Crippen LogP contribution in [-0.4, -0.2) is 39.3 Å². The third-order valence-corrected chi connectivity index (χ3v) is 3.52. The second kappa shape index (κ2) is 12.1. The molecule has 0 saturated carbocycles. The van der Waals surface area contributed by atoms with Gasteiger partial charge in [-0.25, -0.2) is 0 Å². The van der Waals surface area contributed by atoms with Crippen molar-refractivity contribution in [3.63, 3.8) is 0 Å². The maximum Gasteiger partial charge on any atom is 0.191 e. The molecule has 0 fully saturated rings. The highest BCUT2D eigenvalue weighted by Gasteiger charge is 1.98. The summed E-state index contributed by atoms with van der Waals surface area (Å²) in [7, 11) is 1.75. The first kappa shape index (κ1) is 19.0. The maximum absolute atomic E-state index is 5.64. The van der Waals surface area contributed by atoms with E-state index in [2.05, 4.69) is 39.9 Å². The van der Waals surface area contributed by atoms with Gasteiger partial charge in [0.1, 0.15) is 0 Å². The molecule has 2 rings (SSSR count). The van der Waals surface area contributed by atoms with Crippen molar-refractivity contribution < 1.29 is 9.47 Å². The Balaban J connectivity index is 1.49. The standard InChI is InChI=1S/C20H27N3O2/c1-21-20(22-12-14-24-16-18-8-4-2-5-9-18)23-13-15-25-17-19-10-6-3-7-11-19/h2-11H,12-17H2,1H3,(H2,21,22,23). The quantitative estimate of drug-likeness (QED) is 0.396. The Kier molecular flexibility index (Phi) is 9.15. The minimum absolute atomic E-state index is 0.625. The number of nitrogens with zero attached hydrogens (tertiary/aromatic N) is 1. The molecule has 0 aliphatic rings. The molecule has 0 radical (unpaired) electrons. The van der Waals surface area contributed by atoms with Gasteiger partial charge in [0.25, 0.3) is 0 Å². The smallest absolute Gasteiger partial charge is 0.191 e. The summed E-state index contributed by atoms with van der Waals surface area (Å²) >= 11 is 0. The first-order valence-corrected chi connectivity index (χ1v) is 8.56. The average molecular weight is 341 g/mol. The highest BCUT2D eigenvalue weighted by molar-refractivity contribution is 5.79. The Bertz CT molecular complexity index is 551. The van der Waals surface area contributed by atoms with E-state index in [4.69, 9.17) is 9.47 Å². The molecule has 2 N–H and O–H groups in total. The number of aliphatic imine (C=N–C) groups is 1. The van der Waals surface area contributed by atoms with Gasteiger partial charge in [-0.2, -0.15) is 0 Å². The molecule has 0 aliphatic carbocycles. The van der Waals surface area contributed by atoms with Crippen LogP contribution < -0.4 is 10.6 Å². The van der Waals surface area contributed by atoms with Crippen LogP contribution in [0.1, 0.15) is 11.1 Å². The van der Waals surface area contributed by atoms with Gasteiger partial charge in [-0.1, -0.05) is 60.7 Å². The molecule has 0 aliphatic heterocycles. The van der Waals surface area contributed by atoms with Crippen LogP contribution in [0.25, 0.3) is 0 Å². The van der Waals surface area contributed by atoms with Gasteiger partial charge in [0, 0.05) is 20.1 Å². The van der Waals surface area contributed by atoms with E-state index >= 15 is 0 Å². The van der Waals surface area contributed by atoms with Crippen molar-refractivity contribution in [3.05, 3.63) is 71.8 Å². The molecule has 0 amide bonds. The lowest BCUT2D eigenvalue weighted by Crippen LogP contribution is -2.40. The lowest BCUT2D eigenvalue weighted by atomic mass is 10.2. The average Bonchev–Trinajstić information content (AvgIpc) is 2.67. The molecule has 5 nitrogen and oxygen atoms in total. The van der Waals surface area contributed by atoms with Gasteiger partial charge in [-0.15, -0.1) is 0 Å². The Morgan fingerprint density at radius 2 is 1.20 bits per heavy atom. The molecule has 0 heterocycles. The SMILES string of the molecule is CN=C(NCCOCc1ccccc1)NCCOCc1ccccc1. The van der Waals surface area contributed by atoms with Gasteiger partial charge in [0.15, 0.2) is 5.96 Å². The van der Waals surface area contributed by atoms with Crippen molar-refractivity contribution in [1.82, 2.24) is 10.6 Å². The van der Waals surface area contributed by atoms with Gasteiger partial charge >= 0.3 is 0 Å². The van der Waals surface area contributed by atoms with E-state index in [1.807, 2.05) is 36.4 Å². The fourth-order valence-electron chi connectivity index (χ4n) is 2.23. The summed E-state index contributed by atoms with van der Waals surface area (Å²) in [6.45, 7) is 3.92. The lowest BCUT2D eigenvalue weighted by Gasteiger charge is -2.12. The number of ether oxygens (including phenoxy) is 2. The first-order chi connectivity index (χ1) is 12.4. The van der Waals surface area contributed by atoms with Gasteiger partial charge in [0.2, 0.25) is 0 Å². The predicted molar refractivity (Wildman–Crippen MR) is 102 cm³/mol. The van der Waals surface area contributed by atoms with Crippen molar-refractivity contribution in [2.75, 3.05) is 33.4 Å². The fraction of sp³-hybridized carbons (Fsp3) is 0.350. The number of rotatable bonds is 10. The Morgan fingerprint density at radius 3 is 1.60 bits per heavy atom. The van der Waals surface area contributed by atoms with E-state index in [0.29, 0.717) is 39.5 Å². The normalized spacial score (nSPS) is 10.3.